The van der Waals surface area contributed by atoms with Crippen molar-refractivity contribution in [3.05, 3.63) is 0 Å². The first-order valence-corrected chi connectivity index (χ1v) is 6.65. The molecule has 2 rings (SSSR count). The maximum Gasteiger partial charge on any atom is 0.0833 e. The van der Waals surface area contributed by atoms with E-state index < -0.39 is 0 Å². The van der Waals surface area contributed by atoms with Crippen LogP contribution in [0.2, 0.25) is 0 Å². The summed E-state index contributed by atoms with van der Waals surface area (Å²) in [5, 5.41) is 9.54. The second kappa shape index (κ2) is 8.04. The number of hydrogen-bond acceptors (Lipinski definition) is 3. The molecule has 1 N–H and O–H groups in total. The van der Waals surface area contributed by atoms with Crippen LogP contribution in [0.25, 0.3) is 0 Å². The van der Waals surface area contributed by atoms with Crippen molar-refractivity contribution in [3.8, 4) is 0 Å². The summed E-state index contributed by atoms with van der Waals surface area (Å²) in [7, 11) is 0. The second-order valence-electron chi connectivity index (χ2n) is 4.76. The van der Waals surface area contributed by atoms with E-state index >= 15 is 0 Å². The molecule has 1 saturated carbocycles. The van der Waals surface area contributed by atoms with Crippen LogP contribution in [0.15, 0.2) is 0 Å². The predicted molar refractivity (Wildman–Crippen MR) is 66.7 cm³/mol. The summed E-state index contributed by atoms with van der Waals surface area (Å²) in [6.07, 6.45) is 7.15. The van der Waals surface area contributed by atoms with Crippen LogP contribution in [0.5, 0.6) is 0 Å². The molecule has 98 valence electrons. The molecule has 3 atom stereocenters. The van der Waals surface area contributed by atoms with Gasteiger partial charge in [-0.15, -0.1) is 0 Å². The Morgan fingerprint density at radius 1 is 1.38 bits per heavy atom. The van der Waals surface area contributed by atoms with E-state index in [-0.39, 0.29) is 13.6 Å². The van der Waals surface area contributed by atoms with E-state index in [9.17, 15) is 5.11 Å². The molecule has 0 aromatic rings. The molecule has 1 aliphatic heterocycles. The molecular formula is C13H28O3. The van der Waals surface area contributed by atoms with Gasteiger partial charge in [0, 0.05) is 8.03 Å². The van der Waals surface area contributed by atoms with Crippen LogP contribution in [-0.2, 0) is 9.47 Å². The van der Waals surface area contributed by atoms with Gasteiger partial charge < -0.3 is 14.6 Å². The van der Waals surface area contributed by atoms with Crippen LogP contribution < -0.4 is 0 Å². The van der Waals surface area contributed by atoms with Crippen molar-refractivity contribution in [2.24, 2.45) is 0 Å². The highest BCUT2D eigenvalue weighted by Gasteiger charge is 2.22. The van der Waals surface area contributed by atoms with Gasteiger partial charge >= 0.3 is 0 Å². The second-order valence-corrected chi connectivity index (χ2v) is 4.76. The van der Waals surface area contributed by atoms with E-state index in [1.54, 1.807) is 0 Å². The lowest BCUT2D eigenvalue weighted by atomic mass is 9.95. The smallest absolute Gasteiger partial charge is 0.0833 e. The topological polar surface area (TPSA) is 42.0 Å². The van der Waals surface area contributed by atoms with Crippen LogP contribution in [0, 0.1) is 0 Å². The van der Waals surface area contributed by atoms with Gasteiger partial charge in [0.05, 0.1) is 24.9 Å². The van der Waals surface area contributed by atoms with Crippen LogP contribution >= 0.6 is 0 Å². The molecule has 16 heavy (non-hydrogen) atoms. The molecular weight excluding hydrogens is 204 g/mol. The largest absolute Gasteiger partial charge is 0.390 e. The lowest BCUT2D eigenvalue weighted by Crippen LogP contribution is -2.32. The van der Waals surface area contributed by atoms with Crippen LogP contribution in [-0.4, -0.2) is 36.6 Å². The summed E-state index contributed by atoms with van der Waals surface area (Å²) in [4.78, 5) is 0. The zero-order valence-corrected chi connectivity index (χ0v) is 10.7. The van der Waals surface area contributed by atoms with Crippen LogP contribution in [0.3, 0.4) is 0 Å². The number of unbranched alkanes of at least 4 members (excludes halogenated alkanes) is 1. The van der Waals surface area contributed by atoms with Gasteiger partial charge in [-0.2, -0.15) is 0 Å². The molecule has 1 heterocycles. The minimum Gasteiger partial charge on any atom is -0.390 e. The third kappa shape index (κ3) is 6.46. The molecule has 2 aliphatic rings. The SMILES string of the molecule is CC1CO1.CCCCOC1CCCCC1O.[HH]. The highest BCUT2D eigenvalue weighted by Crippen LogP contribution is 2.21. The van der Waals surface area contributed by atoms with Gasteiger partial charge in [0.15, 0.2) is 0 Å². The van der Waals surface area contributed by atoms with E-state index in [2.05, 4.69) is 13.8 Å². The molecule has 2 fully saturated rings. The van der Waals surface area contributed by atoms with Crippen molar-refractivity contribution in [1.82, 2.24) is 0 Å². The first-order chi connectivity index (χ1) is 7.74. The van der Waals surface area contributed by atoms with Crippen molar-refractivity contribution >= 4 is 0 Å². The molecule has 3 nitrogen and oxygen atoms in total. The van der Waals surface area contributed by atoms with E-state index in [0.717, 1.165) is 38.9 Å². The Kier molecular flexibility index (Phi) is 7.01. The third-order valence-electron chi connectivity index (χ3n) is 3.00. The highest BCUT2D eigenvalue weighted by atomic mass is 16.6. The fourth-order valence-electron chi connectivity index (χ4n) is 1.75. The van der Waals surface area contributed by atoms with Crippen molar-refractivity contribution in [2.75, 3.05) is 13.2 Å². The summed E-state index contributed by atoms with van der Waals surface area (Å²) in [5.41, 5.74) is 0. The zero-order chi connectivity index (χ0) is 11.8. The van der Waals surface area contributed by atoms with Crippen LogP contribution in [0.1, 0.15) is 53.8 Å². The molecule has 0 aromatic carbocycles. The molecule has 0 aromatic heterocycles. The quantitative estimate of drug-likeness (QED) is 0.598. The highest BCUT2D eigenvalue weighted by molar-refractivity contribution is 4.74. The molecule has 0 bridgehead atoms. The predicted octanol–water partition coefficient (Wildman–Crippen LogP) is 2.76. The Morgan fingerprint density at radius 2 is 2.00 bits per heavy atom. The van der Waals surface area contributed by atoms with Gasteiger partial charge in [-0.25, -0.2) is 0 Å². The standard InChI is InChI=1S/C10H20O2.C3H6O.H2/c1-2-3-8-12-10-7-5-4-6-9(10)11;1-3-2-4-3;/h9-11H,2-8H2,1H3;3H,2H2,1H3;1H. The summed E-state index contributed by atoms with van der Waals surface area (Å²) in [5.74, 6) is 0. The number of hydrogen-bond donors (Lipinski definition) is 1. The number of epoxide rings is 1. The third-order valence-corrected chi connectivity index (χ3v) is 3.00. The van der Waals surface area contributed by atoms with Gasteiger partial charge in [0.25, 0.3) is 0 Å². The molecule has 0 radical (unpaired) electrons. The minimum absolute atomic E-state index is 0. The summed E-state index contributed by atoms with van der Waals surface area (Å²) >= 11 is 0. The van der Waals surface area contributed by atoms with Crippen molar-refractivity contribution in [1.29, 1.82) is 0 Å². The first kappa shape index (κ1) is 13.9. The Morgan fingerprint density at radius 3 is 2.50 bits per heavy atom. The maximum absolute atomic E-state index is 9.54. The molecule has 1 aliphatic carbocycles. The summed E-state index contributed by atoms with van der Waals surface area (Å²) in [6, 6.07) is 0. The Hall–Kier alpha value is -0.120. The minimum atomic E-state index is -0.199. The Balaban J connectivity index is 0.000000433. The summed E-state index contributed by atoms with van der Waals surface area (Å²) < 4.78 is 10.3. The molecule has 3 unspecified atom stereocenters. The van der Waals surface area contributed by atoms with Crippen molar-refractivity contribution in [3.63, 3.8) is 0 Å². The van der Waals surface area contributed by atoms with Gasteiger partial charge in [0.2, 0.25) is 0 Å². The monoisotopic (exact) mass is 232 g/mol. The average Bonchev–Trinajstić information content (AvgIpc) is 3.05. The zero-order valence-electron chi connectivity index (χ0n) is 10.7. The Bertz CT molecular complexity index is 174. The molecule has 1 saturated heterocycles. The van der Waals surface area contributed by atoms with Crippen molar-refractivity contribution < 1.29 is 16.0 Å². The number of aliphatic hydroxyl groups excluding tert-OH is 1. The van der Waals surface area contributed by atoms with E-state index in [1.807, 2.05) is 0 Å². The van der Waals surface area contributed by atoms with Gasteiger partial charge in [0.1, 0.15) is 0 Å². The first-order valence-electron chi connectivity index (χ1n) is 6.65. The molecule has 0 spiro atoms. The normalized spacial score (nSPS) is 32.8. The fourth-order valence-corrected chi connectivity index (χ4v) is 1.75. The summed E-state index contributed by atoms with van der Waals surface area (Å²) in [6.45, 7) is 6.01. The van der Waals surface area contributed by atoms with Crippen LogP contribution in [0.4, 0.5) is 0 Å². The fraction of sp³-hybridized carbons (Fsp3) is 1.00. The number of rotatable bonds is 4. The Labute approximate surface area is 101 Å². The maximum atomic E-state index is 9.54. The number of ether oxygens (including phenoxy) is 2. The van der Waals surface area contributed by atoms with E-state index in [1.165, 1.54) is 12.8 Å². The number of aliphatic hydroxyl groups is 1. The van der Waals surface area contributed by atoms with Gasteiger partial charge in [-0.1, -0.05) is 26.2 Å². The lowest BCUT2D eigenvalue weighted by molar-refractivity contribution is -0.0592. The van der Waals surface area contributed by atoms with E-state index in [4.69, 9.17) is 9.47 Å². The van der Waals surface area contributed by atoms with Gasteiger partial charge in [-0.05, 0) is 26.2 Å². The van der Waals surface area contributed by atoms with Crippen molar-refractivity contribution in [2.45, 2.75) is 70.7 Å². The lowest BCUT2D eigenvalue weighted by Gasteiger charge is -2.27. The molecule has 3 heteroatoms. The van der Waals surface area contributed by atoms with E-state index in [0.29, 0.717) is 6.10 Å². The van der Waals surface area contributed by atoms with Gasteiger partial charge in [-0.3, -0.25) is 0 Å². The molecule has 0 amide bonds. The average molecular weight is 232 g/mol.